The van der Waals surface area contributed by atoms with E-state index in [1.165, 1.54) is 0 Å². The van der Waals surface area contributed by atoms with Crippen molar-refractivity contribution in [3.05, 3.63) is 36.7 Å². The molecule has 0 aliphatic carbocycles. The lowest BCUT2D eigenvalue weighted by Gasteiger charge is -2.06. The van der Waals surface area contributed by atoms with E-state index in [1.54, 1.807) is 6.08 Å². The summed E-state index contributed by atoms with van der Waals surface area (Å²) in [5.41, 5.74) is 6.79. The third-order valence-electron chi connectivity index (χ3n) is 1.58. The highest BCUT2D eigenvalue weighted by atomic mass is 14.9. The van der Waals surface area contributed by atoms with E-state index in [4.69, 9.17) is 5.73 Å². The summed E-state index contributed by atoms with van der Waals surface area (Å²) in [6.45, 7) is 3.62. The van der Waals surface area contributed by atoms with Gasteiger partial charge in [-0.15, -0.1) is 6.58 Å². The van der Waals surface area contributed by atoms with Crippen molar-refractivity contribution in [2.24, 2.45) is 12.8 Å². The van der Waals surface area contributed by atoms with Crippen LogP contribution in [-0.4, -0.2) is 4.57 Å². The van der Waals surface area contributed by atoms with Gasteiger partial charge in [-0.3, -0.25) is 0 Å². The Labute approximate surface area is 61.0 Å². The maximum absolute atomic E-state index is 5.70. The van der Waals surface area contributed by atoms with Crippen molar-refractivity contribution in [3.63, 3.8) is 0 Å². The molecule has 0 aromatic carbocycles. The zero-order valence-electron chi connectivity index (χ0n) is 6.12. The Morgan fingerprint density at radius 3 is 2.90 bits per heavy atom. The lowest BCUT2D eigenvalue weighted by molar-refractivity contribution is 0.766. The Kier molecular flexibility index (Phi) is 1.92. The molecule has 1 aromatic heterocycles. The molecule has 2 nitrogen and oxygen atoms in total. The van der Waals surface area contributed by atoms with E-state index in [0.29, 0.717) is 0 Å². The normalized spacial score (nSPS) is 13.0. The van der Waals surface area contributed by atoms with Crippen molar-refractivity contribution in [1.29, 1.82) is 0 Å². The molecule has 0 fully saturated rings. The van der Waals surface area contributed by atoms with Crippen LogP contribution in [0.5, 0.6) is 0 Å². The zero-order valence-corrected chi connectivity index (χ0v) is 6.12. The lowest BCUT2D eigenvalue weighted by Crippen LogP contribution is -2.10. The highest BCUT2D eigenvalue weighted by Gasteiger charge is 2.02. The van der Waals surface area contributed by atoms with Crippen molar-refractivity contribution in [1.82, 2.24) is 4.57 Å². The number of rotatable bonds is 2. The average Bonchev–Trinajstić information content (AvgIpc) is 2.34. The topological polar surface area (TPSA) is 30.9 Å². The fraction of sp³-hybridized carbons (Fsp3) is 0.250. The third-order valence-corrected chi connectivity index (χ3v) is 1.58. The van der Waals surface area contributed by atoms with E-state index in [9.17, 15) is 0 Å². The van der Waals surface area contributed by atoms with Crippen LogP contribution in [0.3, 0.4) is 0 Å². The Balaban J connectivity index is 2.92. The molecule has 0 bridgehead atoms. The van der Waals surface area contributed by atoms with E-state index in [-0.39, 0.29) is 6.04 Å². The van der Waals surface area contributed by atoms with Gasteiger partial charge in [-0.1, -0.05) is 6.08 Å². The molecule has 0 unspecified atom stereocenters. The Morgan fingerprint density at radius 2 is 2.50 bits per heavy atom. The molecule has 0 amide bonds. The predicted molar refractivity (Wildman–Crippen MR) is 42.5 cm³/mol. The molecular formula is C8H12N2. The van der Waals surface area contributed by atoms with Crippen LogP contribution in [0.25, 0.3) is 0 Å². The fourth-order valence-corrected chi connectivity index (χ4v) is 0.941. The quantitative estimate of drug-likeness (QED) is 0.609. The van der Waals surface area contributed by atoms with Crippen LogP contribution in [0.1, 0.15) is 11.7 Å². The standard InChI is InChI=1S/C8H12N2/c1-3-7(9)8-5-4-6-10(8)2/h3-7H,1,9H2,2H3/t7-/m1/s1. The molecular weight excluding hydrogens is 124 g/mol. The second-order valence-corrected chi connectivity index (χ2v) is 2.31. The summed E-state index contributed by atoms with van der Waals surface area (Å²) in [6, 6.07) is 3.92. The number of hydrogen-bond donors (Lipinski definition) is 1. The summed E-state index contributed by atoms with van der Waals surface area (Å²) in [4.78, 5) is 0. The van der Waals surface area contributed by atoms with Crippen LogP contribution in [0.2, 0.25) is 0 Å². The number of nitrogens with two attached hydrogens (primary N) is 1. The van der Waals surface area contributed by atoms with Crippen LogP contribution < -0.4 is 5.73 Å². The summed E-state index contributed by atoms with van der Waals surface area (Å²) in [5.74, 6) is 0. The lowest BCUT2D eigenvalue weighted by atomic mass is 10.2. The third kappa shape index (κ3) is 1.11. The van der Waals surface area contributed by atoms with Crippen LogP contribution in [0.4, 0.5) is 0 Å². The predicted octanol–water partition coefficient (Wildman–Crippen LogP) is 1.21. The minimum absolute atomic E-state index is 0.0417. The maximum atomic E-state index is 5.70. The molecule has 54 valence electrons. The fourth-order valence-electron chi connectivity index (χ4n) is 0.941. The van der Waals surface area contributed by atoms with Crippen LogP contribution in [0.15, 0.2) is 31.0 Å². The van der Waals surface area contributed by atoms with Crippen molar-refractivity contribution < 1.29 is 0 Å². The average molecular weight is 136 g/mol. The van der Waals surface area contributed by atoms with Gasteiger partial charge >= 0.3 is 0 Å². The van der Waals surface area contributed by atoms with E-state index in [2.05, 4.69) is 6.58 Å². The highest BCUT2D eigenvalue weighted by Crippen LogP contribution is 2.09. The second-order valence-electron chi connectivity index (χ2n) is 2.31. The van der Waals surface area contributed by atoms with E-state index in [1.807, 2.05) is 29.9 Å². The summed E-state index contributed by atoms with van der Waals surface area (Å²) in [7, 11) is 1.97. The molecule has 0 saturated carbocycles. The zero-order chi connectivity index (χ0) is 7.56. The number of hydrogen-bond acceptors (Lipinski definition) is 1. The van der Waals surface area contributed by atoms with Gasteiger partial charge in [-0.25, -0.2) is 0 Å². The molecule has 2 N–H and O–H groups in total. The molecule has 10 heavy (non-hydrogen) atoms. The molecule has 2 heteroatoms. The van der Waals surface area contributed by atoms with Crippen molar-refractivity contribution in [3.8, 4) is 0 Å². The second kappa shape index (κ2) is 2.71. The van der Waals surface area contributed by atoms with Gasteiger partial charge in [0.15, 0.2) is 0 Å². The van der Waals surface area contributed by atoms with Gasteiger partial charge < -0.3 is 10.3 Å². The molecule has 0 radical (unpaired) electrons. The van der Waals surface area contributed by atoms with Crippen molar-refractivity contribution in [2.45, 2.75) is 6.04 Å². The Hall–Kier alpha value is -1.02. The van der Waals surface area contributed by atoms with Crippen LogP contribution in [-0.2, 0) is 7.05 Å². The largest absolute Gasteiger partial charge is 0.353 e. The summed E-state index contributed by atoms with van der Waals surface area (Å²) >= 11 is 0. The molecule has 0 spiro atoms. The number of aromatic nitrogens is 1. The molecule has 1 rings (SSSR count). The molecule has 0 saturated heterocycles. The minimum Gasteiger partial charge on any atom is -0.353 e. The molecule has 1 atom stereocenters. The molecule has 0 aliphatic rings. The van der Waals surface area contributed by atoms with E-state index < -0.39 is 0 Å². The minimum atomic E-state index is -0.0417. The summed E-state index contributed by atoms with van der Waals surface area (Å²) in [6.07, 6.45) is 3.70. The van der Waals surface area contributed by atoms with Gasteiger partial charge in [0.05, 0.1) is 6.04 Å². The molecule has 1 heterocycles. The number of aryl methyl sites for hydroxylation is 1. The SMILES string of the molecule is C=C[C@@H](N)c1cccn1C. The Bertz CT molecular complexity index is 225. The van der Waals surface area contributed by atoms with Gasteiger partial charge in [-0.2, -0.15) is 0 Å². The van der Waals surface area contributed by atoms with E-state index in [0.717, 1.165) is 5.69 Å². The highest BCUT2D eigenvalue weighted by molar-refractivity contribution is 5.14. The summed E-state index contributed by atoms with van der Waals surface area (Å²) in [5, 5.41) is 0. The molecule has 1 aromatic rings. The van der Waals surface area contributed by atoms with Gasteiger partial charge in [0, 0.05) is 18.9 Å². The van der Waals surface area contributed by atoms with Crippen LogP contribution in [0, 0.1) is 0 Å². The monoisotopic (exact) mass is 136 g/mol. The number of nitrogens with zero attached hydrogens (tertiary/aromatic N) is 1. The van der Waals surface area contributed by atoms with Gasteiger partial charge in [0.1, 0.15) is 0 Å². The van der Waals surface area contributed by atoms with Gasteiger partial charge in [0.2, 0.25) is 0 Å². The summed E-state index contributed by atoms with van der Waals surface area (Å²) < 4.78 is 1.99. The van der Waals surface area contributed by atoms with Gasteiger partial charge in [0.25, 0.3) is 0 Å². The molecule has 0 aliphatic heterocycles. The first-order valence-corrected chi connectivity index (χ1v) is 3.25. The smallest absolute Gasteiger partial charge is 0.0633 e. The van der Waals surface area contributed by atoms with Crippen molar-refractivity contribution in [2.75, 3.05) is 0 Å². The van der Waals surface area contributed by atoms with Crippen molar-refractivity contribution >= 4 is 0 Å². The van der Waals surface area contributed by atoms with Gasteiger partial charge in [-0.05, 0) is 12.1 Å². The maximum Gasteiger partial charge on any atom is 0.0633 e. The Morgan fingerprint density at radius 1 is 1.80 bits per heavy atom. The first-order valence-electron chi connectivity index (χ1n) is 3.25. The van der Waals surface area contributed by atoms with Crippen LogP contribution >= 0.6 is 0 Å². The van der Waals surface area contributed by atoms with E-state index >= 15 is 0 Å². The first kappa shape index (κ1) is 7.09. The first-order chi connectivity index (χ1) is 4.75.